The minimum Gasteiger partial charge on any atom is -0.255 e. The van der Waals surface area contributed by atoms with E-state index in [0.29, 0.717) is 0 Å². The second-order valence-corrected chi connectivity index (χ2v) is 15.5. The second kappa shape index (κ2) is 6.49. The topological polar surface area (TPSA) is 42.9 Å². The summed E-state index contributed by atoms with van der Waals surface area (Å²) in [5.41, 5.74) is 1.83. The van der Waals surface area contributed by atoms with Gasteiger partial charge in [0.1, 0.15) is 0 Å². The normalized spacial score (nSPS) is 11.2. The summed E-state index contributed by atoms with van der Waals surface area (Å²) >= 11 is -2.36. The summed E-state index contributed by atoms with van der Waals surface area (Å²) in [4.78, 5) is 8.37. The molecule has 0 aliphatic carbocycles. The van der Waals surface area contributed by atoms with E-state index in [4.69, 9.17) is 0 Å². The number of hydrogen-bond acceptors (Lipinski definition) is 3. The molecule has 2 aromatic heterocycles. The van der Waals surface area contributed by atoms with Crippen molar-refractivity contribution in [3.8, 4) is 11.4 Å². The summed E-state index contributed by atoms with van der Waals surface area (Å²) in [7, 11) is 0. The van der Waals surface area contributed by atoms with E-state index in [0.717, 1.165) is 11.4 Å². The fourth-order valence-electron chi connectivity index (χ4n) is 1.03. The van der Waals surface area contributed by atoms with Crippen LogP contribution in [0.4, 0.5) is 0 Å². The molecule has 0 radical (unpaired) electrons. The Morgan fingerprint density at radius 1 is 0.824 bits per heavy atom. The Kier molecular flexibility index (Phi) is 5.28. The van der Waals surface area contributed by atoms with Gasteiger partial charge in [-0.25, -0.2) is 0 Å². The van der Waals surface area contributed by atoms with Crippen molar-refractivity contribution in [2.45, 2.75) is 16.2 Å². The third-order valence-corrected chi connectivity index (χ3v) is 1.59. The zero-order chi connectivity index (χ0) is 12.7. The summed E-state index contributed by atoms with van der Waals surface area (Å²) in [5.74, 6) is 0. The molecular weight excluding hydrogens is 386 g/mol. The number of nitrogens with zero attached hydrogens (tertiary/aromatic N) is 2. The number of hydrogen-bond donors (Lipinski definition) is 0. The molecule has 0 bridgehead atoms. The van der Waals surface area contributed by atoms with Crippen LogP contribution in [0.1, 0.15) is 0 Å². The number of aromatic nitrogens is 2. The van der Waals surface area contributed by atoms with Crippen molar-refractivity contribution in [3.05, 3.63) is 48.8 Å². The van der Waals surface area contributed by atoms with E-state index in [2.05, 4.69) is 9.97 Å². The van der Waals surface area contributed by atoms with Gasteiger partial charge in [0.15, 0.2) is 0 Å². The summed E-state index contributed by atoms with van der Waals surface area (Å²) in [6.45, 7) is 0. The van der Waals surface area contributed by atoms with Gasteiger partial charge in [-0.3, -0.25) is 9.97 Å². The Labute approximate surface area is 105 Å². The molecule has 0 saturated heterocycles. The first kappa shape index (κ1) is 13.8. The van der Waals surface area contributed by atoms with Gasteiger partial charge in [-0.2, -0.15) is 0 Å². The fraction of sp³-hybridized carbons (Fsp3) is 0.231. The smallest absolute Gasteiger partial charge is 0.0886 e. The van der Waals surface area contributed by atoms with E-state index in [-0.39, 0.29) is 0 Å². The van der Waals surface area contributed by atoms with Crippen LogP contribution in [-0.4, -0.2) is 9.97 Å². The predicted octanol–water partition coefficient (Wildman–Crippen LogP) is 3.77. The van der Waals surface area contributed by atoms with Crippen LogP contribution in [0, 0.1) is 0 Å². The zero-order valence-corrected chi connectivity index (χ0v) is 13.0. The predicted molar refractivity (Wildman–Crippen MR) is 65.7 cm³/mol. The average molecular weight is 403 g/mol. The van der Waals surface area contributed by atoms with Crippen LogP contribution >= 0.6 is 0 Å². The molecule has 3 nitrogen and oxygen atoms in total. The molecule has 92 valence electrons. The average Bonchev–Trinajstić information content (AvgIpc) is 2.29. The molecule has 2 heterocycles. The van der Waals surface area contributed by atoms with Gasteiger partial charge < -0.3 is 0 Å². The summed E-state index contributed by atoms with van der Waals surface area (Å²) in [5, 5.41) is 5.50. The van der Waals surface area contributed by atoms with Crippen LogP contribution in [0.15, 0.2) is 48.8 Å². The SMILES string of the molecule is [CH3][Re]([CH3])([CH3])=[O].c1ccc(-c2ccccn2)nc1. The van der Waals surface area contributed by atoms with Crippen LogP contribution in [-0.2, 0) is 19.0 Å². The van der Waals surface area contributed by atoms with E-state index in [9.17, 15) is 3.47 Å². The first-order chi connectivity index (χ1) is 7.97. The molecule has 2 aromatic rings. The molecule has 0 fully saturated rings. The third-order valence-electron chi connectivity index (χ3n) is 1.59. The molecule has 2 rings (SSSR count). The van der Waals surface area contributed by atoms with E-state index in [1.807, 2.05) is 52.6 Å². The van der Waals surface area contributed by atoms with Crippen molar-refractivity contribution in [1.29, 1.82) is 0 Å². The molecule has 0 unspecified atom stereocenters. The molecule has 0 aliphatic heterocycles. The van der Waals surface area contributed by atoms with Gasteiger partial charge in [0.2, 0.25) is 0 Å². The number of pyridine rings is 2. The zero-order valence-electron chi connectivity index (χ0n) is 10.3. The standard InChI is InChI=1S/C10H8N2.3CH3.O.Re/c1-3-7-11-9(5-1)10-6-2-4-8-12-10;;;;;/h1-8H;3*1H3;;. The molecular formula is C13H17N2ORe. The maximum Gasteiger partial charge on any atom is 0.0886 e. The quantitative estimate of drug-likeness (QED) is 0.728. The van der Waals surface area contributed by atoms with Crippen LogP contribution in [0.3, 0.4) is 0 Å². The maximum absolute atomic E-state index is 10.3. The van der Waals surface area contributed by atoms with Crippen molar-refractivity contribution in [2.24, 2.45) is 0 Å². The van der Waals surface area contributed by atoms with Gasteiger partial charge in [0.05, 0.1) is 11.4 Å². The van der Waals surface area contributed by atoms with E-state index in [1.165, 1.54) is 0 Å². The molecule has 0 aromatic carbocycles. The minimum atomic E-state index is -2.36. The number of rotatable bonds is 1. The third kappa shape index (κ3) is 6.83. The van der Waals surface area contributed by atoms with Crippen LogP contribution in [0.2, 0.25) is 16.2 Å². The van der Waals surface area contributed by atoms with E-state index < -0.39 is 15.5 Å². The molecule has 0 spiro atoms. The van der Waals surface area contributed by atoms with Gasteiger partial charge in [-0.1, -0.05) is 12.1 Å². The van der Waals surface area contributed by atoms with Crippen LogP contribution in [0.5, 0.6) is 0 Å². The molecule has 0 aliphatic rings. The van der Waals surface area contributed by atoms with E-state index >= 15 is 0 Å². The maximum atomic E-state index is 10.3. The molecule has 0 N–H and O–H groups in total. The summed E-state index contributed by atoms with van der Waals surface area (Å²) in [6, 6.07) is 11.6. The Morgan fingerprint density at radius 2 is 1.18 bits per heavy atom. The molecule has 17 heavy (non-hydrogen) atoms. The van der Waals surface area contributed by atoms with Gasteiger partial charge in [-0.05, 0) is 24.3 Å². The van der Waals surface area contributed by atoms with Crippen LogP contribution < -0.4 is 0 Å². The van der Waals surface area contributed by atoms with Crippen molar-refractivity contribution in [3.63, 3.8) is 0 Å². The molecule has 0 atom stereocenters. The fourth-order valence-corrected chi connectivity index (χ4v) is 1.03. The van der Waals surface area contributed by atoms with Crippen molar-refractivity contribution in [1.82, 2.24) is 9.97 Å². The summed E-state index contributed by atoms with van der Waals surface area (Å²) < 4.78 is 10.3. The van der Waals surface area contributed by atoms with Gasteiger partial charge in [0, 0.05) is 12.4 Å². The van der Waals surface area contributed by atoms with Gasteiger partial charge in [0.25, 0.3) is 0 Å². The Bertz CT molecular complexity index is 434. The van der Waals surface area contributed by atoms with E-state index in [1.54, 1.807) is 12.4 Å². The first-order valence-electron chi connectivity index (χ1n) is 5.08. The Hall–Kier alpha value is -1.24. The monoisotopic (exact) mass is 404 g/mol. The van der Waals surface area contributed by atoms with Crippen molar-refractivity contribution >= 4 is 0 Å². The Morgan fingerprint density at radius 3 is 1.41 bits per heavy atom. The van der Waals surface area contributed by atoms with Gasteiger partial charge in [-0.15, -0.1) is 0 Å². The molecule has 0 saturated carbocycles. The summed E-state index contributed by atoms with van der Waals surface area (Å²) in [6.07, 6.45) is 3.54. The van der Waals surface area contributed by atoms with Crippen LogP contribution in [0.25, 0.3) is 11.4 Å². The molecule has 0 amide bonds. The minimum absolute atomic E-state index is 0.915. The largest absolute Gasteiger partial charge is 0.255 e. The van der Waals surface area contributed by atoms with Crippen molar-refractivity contribution in [2.75, 3.05) is 0 Å². The second-order valence-electron chi connectivity index (χ2n) is 4.03. The first-order valence-corrected chi connectivity index (χ1v) is 14.3. The van der Waals surface area contributed by atoms with Gasteiger partial charge >= 0.3 is 35.2 Å². The Balaban J connectivity index is 0.000000249. The van der Waals surface area contributed by atoms with Crippen molar-refractivity contribution < 1.29 is 19.0 Å². The molecule has 4 heteroatoms.